The first-order chi connectivity index (χ1) is 37.0. The van der Waals surface area contributed by atoms with Gasteiger partial charge in [0.05, 0.1) is 42.0 Å². The SMILES string of the molecule is [C-]#[N+]c1ccc(-c2ccc3c(c2)c2cc(-c4ccc(C#N)cc4[N+]#[C-])ccc2n3-c2ccc(-c3nc(-c4ccccc4)nc(-c4ccccc4)n3)cc2-c2nc(-c3ccccc3)nc(-c3ccccc3)n2)c(C#N)c1. The van der Waals surface area contributed by atoms with E-state index in [9.17, 15) is 10.5 Å². The Hall–Kier alpha value is -11.2. The second-order valence-corrected chi connectivity index (χ2v) is 17.5. The maximum absolute atomic E-state index is 10.3. The van der Waals surface area contributed by atoms with Crippen molar-refractivity contribution in [2.75, 3.05) is 0 Å². The molecule has 11 nitrogen and oxygen atoms in total. The van der Waals surface area contributed by atoms with Gasteiger partial charge in [-0.05, 0) is 82.9 Å². The van der Waals surface area contributed by atoms with Crippen molar-refractivity contribution in [1.29, 1.82) is 10.5 Å². The van der Waals surface area contributed by atoms with Gasteiger partial charge in [-0.25, -0.2) is 39.6 Å². The van der Waals surface area contributed by atoms with Crippen LogP contribution in [0.2, 0.25) is 0 Å². The van der Waals surface area contributed by atoms with Crippen molar-refractivity contribution in [1.82, 2.24) is 34.5 Å². The predicted molar refractivity (Wildman–Crippen MR) is 293 cm³/mol. The maximum Gasteiger partial charge on any atom is 0.196 e. The minimum Gasteiger partial charge on any atom is -0.308 e. The normalized spacial score (nSPS) is 10.9. The van der Waals surface area contributed by atoms with Crippen LogP contribution in [0.3, 0.4) is 0 Å². The van der Waals surface area contributed by atoms with Crippen molar-refractivity contribution in [2.24, 2.45) is 0 Å². The van der Waals surface area contributed by atoms with Crippen LogP contribution in [-0.4, -0.2) is 34.5 Å². The molecule has 0 saturated carbocycles. The Balaban J connectivity index is 1.16. The second-order valence-electron chi connectivity index (χ2n) is 17.5. The lowest BCUT2D eigenvalue weighted by Crippen LogP contribution is -2.05. The molecule has 0 amide bonds. The molecule has 0 bridgehead atoms. The predicted octanol–water partition coefficient (Wildman–Crippen LogP) is 15.3. The summed E-state index contributed by atoms with van der Waals surface area (Å²) in [6.45, 7) is 15.7. The van der Waals surface area contributed by atoms with Crippen molar-refractivity contribution in [3.63, 3.8) is 0 Å². The van der Waals surface area contributed by atoms with E-state index in [-0.39, 0.29) is 0 Å². The Kier molecular flexibility index (Phi) is 11.5. The van der Waals surface area contributed by atoms with Crippen LogP contribution in [0, 0.1) is 35.8 Å². The molecule has 0 aliphatic carbocycles. The molecule has 346 valence electrons. The van der Waals surface area contributed by atoms with Crippen molar-refractivity contribution >= 4 is 33.2 Å². The van der Waals surface area contributed by atoms with Crippen LogP contribution in [-0.2, 0) is 0 Å². The highest BCUT2D eigenvalue weighted by Gasteiger charge is 2.23. The van der Waals surface area contributed by atoms with Crippen molar-refractivity contribution < 1.29 is 0 Å². The summed E-state index contributed by atoms with van der Waals surface area (Å²) in [7, 11) is 0. The largest absolute Gasteiger partial charge is 0.308 e. The molecule has 0 aliphatic heterocycles. The molecule has 12 rings (SSSR count). The third-order valence-electron chi connectivity index (χ3n) is 13.0. The van der Waals surface area contributed by atoms with E-state index in [1.807, 2.05) is 176 Å². The summed E-state index contributed by atoms with van der Waals surface area (Å²) < 4.78 is 2.19. The lowest BCUT2D eigenvalue weighted by atomic mass is 9.97. The van der Waals surface area contributed by atoms with Gasteiger partial charge >= 0.3 is 0 Å². The van der Waals surface area contributed by atoms with Crippen LogP contribution in [0.25, 0.3) is 128 Å². The van der Waals surface area contributed by atoms with Gasteiger partial charge in [-0.3, -0.25) is 0 Å². The van der Waals surface area contributed by atoms with Crippen molar-refractivity contribution in [3.8, 4) is 108 Å². The number of aromatic nitrogens is 7. The third kappa shape index (κ3) is 8.43. The van der Waals surface area contributed by atoms with Gasteiger partial charge in [-0.1, -0.05) is 152 Å². The molecule has 75 heavy (non-hydrogen) atoms. The van der Waals surface area contributed by atoms with E-state index in [4.69, 9.17) is 43.0 Å². The Morgan fingerprint density at radius 3 is 1.28 bits per heavy atom. The van der Waals surface area contributed by atoms with Crippen LogP contribution >= 0.6 is 0 Å². The monoisotopic (exact) mass is 957 g/mol. The molecule has 3 aromatic heterocycles. The van der Waals surface area contributed by atoms with Crippen molar-refractivity contribution in [3.05, 3.63) is 246 Å². The summed E-state index contributed by atoms with van der Waals surface area (Å²) in [5.74, 6) is 2.86. The molecule has 0 spiro atoms. The molecule has 0 aliphatic rings. The highest BCUT2D eigenvalue weighted by Crippen LogP contribution is 2.43. The molecule has 0 atom stereocenters. The Bertz CT molecular complexity index is 4140. The van der Waals surface area contributed by atoms with Crippen LogP contribution in [0.15, 0.2) is 212 Å². The number of rotatable bonds is 9. The van der Waals surface area contributed by atoms with Gasteiger partial charge in [0, 0.05) is 55.3 Å². The van der Waals surface area contributed by atoms with E-state index in [2.05, 4.69) is 38.5 Å². The molecule has 0 saturated heterocycles. The summed E-state index contributed by atoms with van der Waals surface area (Å²) in [6, 6.07) is 72.4. The van der Waals surface area contributed by atoms with Crippen LogP contribution in [0.1, 0.15) is 11.1 Å². The lowest BCUT2D eigenvalue weighted by molar-refractivity contribution is 1.06. The molecule has 0 fully saturated rings. The Labute approximate surface area is 430 Å². The van der Waals surface area contributed by atoms with Gasteiger partial charge in [0.1, 0.15) is 0 Å². The highest BCUT2D eigenvalue weighted by molar-refractivity contribution is 6.12. The average molecular weight is 958 g/mol. The fourth-order valence-corrected chi connectivity index (χ4v) is 9.42. The van der Waals surface area contributed by atoms with Crippen LogP contribution < -0.4 is 0 Å². The minimum absolute atomic E-state index is 0.358. The zero-order valence-corrected chi connectivity index (χ0v) is 39.6. The summed E-state index contributed by atoms with van der Waals surface area (Å²) in [5, 5.41) is 21.8. The molecular weight excluding hydrogens is 923 g/mol. The highest BCUT2D eigenvalue weighted by atomic mass is 15.1. The zero-order chi connectivity index (χ0) is 50.8. The van der Waals surface area contributed by atoms with Gasteiger partial charge in [-0.15, -0.1) is 0 Å². The Morgan fingerprint density at radius 1 is 0.360 bits per heavy atom. The first-order valence-corrected chi connectivity index (χ1v) is 23.8. The van der Waals surface area contributed by atoms with Gasteiger partial charge in [0.25, 0.3) is 0 Å². The molecule has 12 aromatic rings. The molecule has 0 N–H and O–H groups in total. The molecular formula is C64H35N11. The number of benzene rings is 9. The van der Waals surface area contributed by atoms with Crippen LogP contribution in [0.5, 0.6) is 0 Å². The summed E-state index contributed by atoms with van der Waals surface area (Å²) in [4.78, 5) is 38.2. The second kappa shape index (κ2) is 19.2. The van der Waals surface area contributed by atoms with E-state index in [0.29, 0.717) is 79.7 Å². The Morgan fingerprint density at radius 2 is 0.813 bits per heavy atom. The van der Waals surface area contributed by atoms with E-state index in [1.54, 1.807) is 24.3 Å². The summed E-state index contributed by atoms with van der Waals surface area (Å²) >= 11 is 0. The number of hydrogen-bond donors (Lipinski definition) is 0. The quantitative estimate of drug-likeness (QED) is 0.130. The van der Waals surface area contributed by atoms with Gasteiger partial charge in [0.15, 0.2) is 46.3 Å². The van der Waals surface area contributed by atoms with Gasteiger partial charge < -0.3 is 4.57 Å². The first kappa shape index (κ1) is 44.9. The number of fused-ring (bicyclic) bond motifs is 3. The minimum atomic E-state index is 0.358. The van der Waals surface area contributed by atoms with E-state index in [1.165, 1.54) is 0 Å². The van der Waals surface area contributed by atoms with E-state index >= 15 is 0 Å². The summed E-state index contributed by atoms with van der Waals surface area (Å²) in [6.07, 6.45) is 0. The van der Waals surface area contributed by atoms with E-state index in [0.717, 1.165) is 60.9 Å². The van der Waals surface area contributed by atoms with Gasteiger partial charge in [0.2, 0.25) is 0 Å². The zero-order valence-electron chi connectivity index (χ0n) is 39.6. The molecule has 0 unspecified atom stereocenters. The van der Waals surface area contributed by atoms with Crippen molar-refractivity contribution in [2.45, 2.75) is 0 Å². The first-order valence-electron chi connectivity index (χ1n) is 23.8. The number of nitrogens with zero attached hydrogens (tertiary/aromatic N) is 11. The molecule has 11 heteroatoms. The average Bonchev–Trinajstić information content (AvgIpc) is 3.88. The summed E-state index contributed by atoms with van der Waals surface area (Å²) in [5.41, 5.74) is 11.5. The van der Waals surface area contributed by atoms with E-state index < -0.39 is 0 Å². The number of hydrogen-bond acceptors (Lipinski definition) is 8. The standard InChI is InChI=1S/C64H35N11/c1-67-49-27-29-50(48(34-49)39-66)45-24-30-56-52(35-45)53-36-46(51-28-23-40(38-65)33-55(51)68-2)25-31-57(53)75(56)58-32-26-47(63-71-59(41-15-7-3-8-16-41)69-60(72-63)42-17-9-4-10-18-42)37-54(58)64-73-61(43-19-11-5-12-20-43)70-62(74-64)44-21-13-6-14-22-44/h3-37H. The molecule has 3 heterocycles. The van der Waals surface area contributed by atoms with Gasteiger partial charge in [-0.2, -0.15) is 10.5 Å². The molecule has 9 aromatic carbocycles. The molecule has 0 radical (unpaired) electrons. The topological polar surface area (TPSA) is 139 Å². The number of nitriles is 2. The maximum atomic E-state index is 10.3. The fraction of sp³-hybridized carbons (Fsp3) is 0. The van der Waals surface area contributed by atoms with Crippen LogP contribution in [0.4, 0.5) is 11.4 Å². The third-order valence-corrected chi connectivity index (χ3v) is 13.0. The lowest BCUT2D eigenvalue weighted by Gasteiger charge is -2.17. The smallest absolute Gasteiger partial charge is 0.196 e. The fourth-order valence-electron chi connectivity index (χ4n) is 9.42.